The summed E-state index contributed by atoms with van der Waals surface area (Å²) in [5, 5.41) is 4.44. The molecular formula is C65H41N9. The number of rotatable bonds is 9. The molecule has 346 valence electrons. The van der Waals surface area contributed by atoms with Gasteiger partial charge in [0.2, 0.25) is 0 Å². The van der Waals surface area contributed by atoms with Crippen LogP contribution in [-0.4, -0.2) is 44.0 Å². The van der Waals surface area contributed by atoms with E-state index >= 15 is 0 Å². The maximum absolute atomic E-state index is 5.31. The van der Waals surface area contributed by atoms with E-state index in [1.165, 1.54) is 0 Å². The largest absolute Gasteiger partial charge is 0.309 e. The highest BCUT2D eigenvalue weighted by atomic mass is 15.0. The van der Waals surface area contributed by atoms with Crippen molar-refractivity contribution in [3.8, 4) is 90.0 Å². The van der Waals surface area contributed by atoms with E-state index in [4.69, 9.17) is 15.0 Å². The van der Waals surface area contributed by atoms with Gasteiger partial charge in [0.05, 0.1) is 22.1 Å². The lowest BCUT2D eigenvalue weighted by molar-refractivity contribution is 1.07. The van der Waals surface area contributed by atoms with E-state index in [-0.39, 0.29) is 0 Å². The number of nitrogens with zero attached hydrogens (tertiary/aromatic N) is 9. The van der Waals surface area contributed by atoms with Gasteiger partial charge in [0.15, 0.2) is 17.5 Å². The van der Waals surface area contributed by atoms with Crippen molar-refractivity contribution in [1.29, 1.82) is 0 Å². The van der Waals surface area contributed by atoms with Crippen LogP contribution in [0.25, 0.3) is 134 Å². The summed E-state index contributed by atoms with van der Waals surface area (Å²) in [5.41, 5.74) is 17.2. The lowest BCUT2D eigenvalue weighted by atomic mass is 10.0. The first-order valence-corrected chi connectivity index (χ1v) is 24.5. The molecule has 74 heavy (non-hydrogen) atoms. The zero-order valence-corrected chi connectivity index (χ0v) is 39.7. The van der Waals surface area contributed by atoms with Crippen molar-refractivity contribution in [2.45, 2.75) is 0 Å². The van der Waals surface area contributed by atoms with E-state index < -0.39 is 0 Å². The fourth-order valence-corrected chi connectivity index (χ4v) is 10.4. The summed E-state index contributed by atoms with van der Waals surface area (Å²) in [6, 6.07) is 70.3. The summed E-state index contributed by atoms with van der Waals surface area (Å²) >= 11 is 0. The van der Waals surface area contributed by atoms with Crippen molar-refractivity contribution in [2.75, 3.05) is 0 Å². The molecule has 14 rings (SSSR count). The second kappa shape index (κ2) is 17.9. The molecule has 0 aliphatic rings. The van der Waals surface area contributed by atoms with Crippen molar-refractivity contribution in [1.82, 2.24) is 44.0 Å². The number of fused-ring (bicyclic) bond motifs is 6. The average Bonchev–Trinajstić information content (AvgIpc) is 3.99. The molecule has 14 aromatic rings. The van der Waals surface area contributed by atoms with E-state index in [0.29, 0.717) is 17.5 Å². The Labute approximate surface area is 425 Å². The lowest BCUT2D eigenvalue weighted by Crippen LogP contribution is -2.03. The number of pyridine rings is 4. The predicted octanol–water partition coefficient (Wildman–Crippen LogP) is 15.3. The lowest BCUT2D eigenvalue weighted by Gasteiger charge is -2.16. The zero-order valence-electron chi connectivity index (χ0n) is 39.7. The van der Waals surface area contributed by atoms with Gasteiger partial charge < -0.3 is 9.13 Å². The molecule has 0 aliphatic heterocycles. The highest BCUT2D eigenvalue weighted by Gasteiger charge is 2.22. The molecule has 0 bridgehead atoms. The first-order valence-electron chi connectivity index (χ1n) is 24.5. The topological polar surface area (TPSA) is 100 Å². The van der Waals surface area contributed by atoms with Crippen LogP contribution < -0.4 is 0 Å². The molecule has 0 radical (unpaired) electrons. The minimum atomic E-state index is 0.554. The maximum atomic E-state index is 5.31. The zero-order chi connectivity index (χ0) is 49.0. The third-order valence-electron chi connectivity index (χ3n) is 13.9. The average molecular weight is 948 g/mol. The Morgan fingerprint density at radius 1 is 0.230 bits per heavy atom. The molecule has 0 N–H and O–H groups in total. The Kier molecular flexibility index (Phi) is 10.3. The highest BCUT2D eigenvalue weighted by molar-refractivity contribution is 6.13. The quantitative estimate of drug-likeness (QED) is 0.142. The van der Waals surface area contributed by atoms with Crippen LogP contribution in [0.2, 0.25) is 0 Å². The van der Waals surface area contributed by atoms with Gasteiger partial charge >= 0.3 is 0 Å². The van der Waals surface area contributed by atoms with Crippen molar-refractivity contribution in [2.24, 2.45) is 0 Å². The molecule has 0 amide bonds. The van der Waals surface area contributed by atoms with E-state index in [9.17, 15) is 0 Å². The van der Waals surface area contributed by atoms with Crippen LogP contribution in [0.5, 0.6) is 0 Å². The first kappa shape index (κ1) is 42.6. The van der Waals surface area contributed by atoms with Crippen LogP contribution in [0.1, 0.15) is 0 Å². The summed E-state index contributed by atoms with van der Waals surface area (Å²) in [4.78, 5) is 33.6. The van der Waals surface area contributed by atoms with Crippen LogP contribution in [-0.2, 0) is 0 Å². The van der Waals surface area contributed by atoms with Crippen LogP contribution in [0, 0.1) is 0 Å². The molecule has 0 aliphatic carbocycles. The Morgan fingerprint density at radius 3 is 0.824 bits per heavy atom. The third kappa shape index (κ3) is 7.55. The van der Waals surface area contributed by atoms with Crippen LogP contribution in [0.4, 0.5) is 0 Å². The van der Waals surface area contributed by atoms with E-state index in [0.717, 1.165) is 116 Å². The van der Waals surface area contributed by atoms with Gasteiger partial charge in [-0.25, -0.2) is 15.0 Å². The smallest absolute Gasteiger partial charge is 0.164 e. The second-order valence-electron chi connectivity index (χ2n) is 18.3. The summed E-state index contributed by atoms with van der Waals surface area (Å²) in [6.45, 7) is 0. The van der Waals surface area contributed by atoms with Gasteiger partial charge in [0, 0.05) is 121 Å². The molecule has 0 saturated carbocycles. The number of hydrogen-bond acceptors (Lipinski definition) is 7. The van der Waals surface area contributed by atoms with Crippen molar-refractivity contribution < 1.29 is 0 Å². The van der Waals surface area contributed by atoms with Gasteiger partial charge in [-0.1, -0.05) is 109 Å². The van der Waals surface area contributed by atoms with E-state index in [1.54, 1.807) is 0 Å². The highest BCUT2D eigenvalue weighted by Crippen LogP contribution is 2.42. The summed E-state index contributed by atoms with van der Waals surface area (Å²) in [7, 11) is 0. The normalized spacial score (nSPS) is 11.5. The van der Waals surface area contributed by atoms with Gasteiger partial charge in [-0.2, -0.15) is 0 Å². The number of hydrogen-bond donors (Lipinski definition) is 0. The Morgan fingerprint density at radius 2 is 0.527 bits per heavy atom. The van der Waals surface area contributed by atoms with Crippen molar-refractivity contribution in [3.63, 3.8) is 0 Å². The van der Waals surface area contributed by atoms with Crippen molar-refractivity contribution >= 4 is 43.6 Å². The summed E-state index contributed by atoms with van der Waals surface area (Å²) in [5.74, 6) is 1.73. The van der Waals surface area contributed by atoms with Crippen molar-refractivity contribution in [3.05, 3.63) is 250 Å². The van der Waals surface area contributed by atoms with Crippen LogP contribution >= 0.6 is 0 Å². The van der Waals surface area contributed by atoms with Crippen LogP contribution in [0.15, 0.2) is 250 Å². The molecule has 0 fully saturated rings. The van der Waals surface area contributed by atoms with Gasteiger partial charge in [0.25, 0.3) is 0 Å². The van der Waals surface area contributed by atoms with Gasteiger partial charge in [0.1, 0.15) is 0 Å². The SMILES string of the molecule is c1ccc(-c2nc(-c3ccccc3)nc(-c3cc(-n4c5ccc(-c6cccnc6)cc5c5cc(-c6cccnc6)ccc54)cc(-n4c5ccc(-c6cccnc6)cc5c5cc(-c6cccnc6)ccc54)c3)n2)cc1. The molecule has 9 nitrogen and oxygen atoms in total. The fraction of sp³-hybridized carbons (Fsp3) is 0. The Balaban J connectivity index is 1.07. The Hall–Kier alpha value is -10.3. The molecule has 0 atom stereocenters. The molecule has 0 saturated heterocycles. The molecular weight excluding hydrogens is 907 g/mol. The molecule has 9 heteroatoms. The number of aromatic nitrogens is 9. The monoisotopic (exact) mass is 947 g/mol. The van der Waals surface area contributed by atoms with E-state index in [1.807, 2.05) is 135 Å². The first-order chi connectivity index (χ1) is 36.7. The molecule has 0 spiro atoms. The fourth-order valence-electron chi connectivity index (χ4n) is 10.4. The third-order valence-corrected chi connectivity index (χ3v) is 13.9. The molecule has 7 aromatic heterocycles. The van der Waals surface area contributed by atoms with E-state index in [2.05, 4.69) is 144 Å². The maximum Gasteiger partial charge on any atom is 0.164 e. The summed E-state index contributed by atoms with van der Waals surface area (Å²) in [6.07, 6.45) is 14.9. The predicted molar refractivity (Wildman–Crippen MR) is 298 cm³/mol. The molecule has 7 aromatic carbocycles. The van der Waals surface area contributed by atoms with Gasteiger partial charge in [-0.15, -0.1) is 0 Å². The van der Waals surface area contributed by atoms with Crippen LogP contribution in [0.3, 0.4) is 0 Å². The van der Waals surface area contributed by atoms with Gasteiger partial charge in [-0.05, 0) is 113 Å². The minimum absolute atomic E-state index is 0.554. The minimum Gasteiger partial charge on any atom is -0.309 e. The standard InChI is InChI=1S/C65H41N9/c1-3-11-42(12-4-1)63-70-64(43-13-5-2-6-14-43)72-65(71-63)52-31-53(73-59-23-19-44(48-15-7-27-66-38-48)33-55(59)56-34-45(20-24-60(56)73)49-16-8-28-67-39-49)37-54(32-52)74-61-25-21-46(50-17-9-29-68-40-50)35-57(61)58-36-47(22-26-62(58)74)51-18-10-30-69-41-51/h1-41H. The Bertz CT molecular complexity index is 3920. The van der Waals surface area contributed by atoms with Gasteiger partial charge in [-0.3, -0.25) is 19.9 Å². The molecule has 0 unspecified atom stereocenters. The second-order valence-corrected chi connectivity index (χ2v) is 18.3. The number of benzene rings is 7. The summed E-state index contributed by atoms with van der Waals surface area (Å²) < 4.78 is 4.76. The molecule has 7 heterocycles.